The Labute approximate surface area is 144 Å². The summed E-state index contributed by atoms with van der Waals surface area (Å²) in [6, 6.07) is 8.24. The summed E-state index contributed by atoms with van der Waals surface area (Å²) in [4.78, 5) is 24.4. The van der Waals surface area contributed by atoms with Gasteiger partial charge in [0.05, 0.1) is 12.1 Å². The molecular weight excluding hydrogens is 354 g/mol. The minimum Gasteiger partial charge on any atom is -0.246 e. The number of rotatable bonds is 3. The lowest BCUT2D eigenvalue weighted by atomic mass is 10.1. The van der Waals surface area contributed by atoms with Gasteiger partial charge in [-0.2, -0.15) is 17.9 Å². The fourth-order valence-electron chi connectivity index (χ4n) is 2.49. The number of aromatic nitrogens is 3. The molecule has 3 rings (SSSR count). The van der Waals surface area contributed by atoms with Crippen LogP contribution < -0.4 is 11.4 Å². The first-order valence-electron chi connectivity index (χ1n) is 7.51. The Kier molecular flexibility index (Phi) is 4.31. The van der Waals surface area contributed by atoms with E-state index in [4.69, 9.17) is 0 Å². The van der Waals surface area contributed by atoms with Crippen molar-refractivity contribution in [1.82, 2.24) is 14.3 Å². The summed E-state index contributed by atoms with van der Waals surface area (Å²) in [7, 11) is 0. The lowest BCUT2D eigenvalue weighted by Gasteiger charge is -2.07. The summed E-state index contributed by atoms with van der Waals surface area (Å²) >= 11 is 0. The molecule has 0 aliphatic rings. The molecule has 136 valence electrons. The van der Waals surface area contributed by atoms with Crippen LogP contribution in [0.4, 0.5) is 17.6 Å². The third-order valence-electron chi connectivity index (χ3n) is 3.84. The molecule has 0 atom stereocenters. The molecule has 0 saturated carbocycles. The van der Waals surface area contributed by atoms with Crippen LogP contribution in [0.5, 0.6) is 0 Å². The molecule has 2 aromatic carbocycles. The topological polar surface area (TPSA) is 59.8 Å². The van der Waals surface area contributed by atoms with Gasteiger partial charge < -0.3 is 0 Å². The molecule has 0 bridgehead atoms. The van der Waals surface area contributed by atoms with E-state index in [0.717, 1.165) is 21.4 Å². The van der Waals surface area contributed by atoms with Gasteiger partial charge in [0.1, 0.15) is 11.5 Å². The smallest absolute Gasteiger partial charge is 0.246 e. The SMILES string of the molecule is Cc1ccc(-n2[nH]c(=O)n(Cc3ccc(C(F)(F)F)cc3)c2=O)c(F)c1. The summed E-state index contributed by atoms with van der Waals surface area (Å²) in [5.41, 5.74) is -1.60. The highest BCUT2D eigenvalue weighted by Gasteiger charge is 2.30. The molecule has 1 heterocycles. The Balaban J connectivity index is 1.96. The molecule has 26 heavy (non-hydrogen) atoms. The highest BCUT2D eigenvalue weighted by molar-refractivity contribution is 5.35. The lowest BCUT2D eigenvalue weighted by Crippen LogP contribution is -2.29. The number of halogens is 4. The molecule has 0 saturated heterocycles. The van der Waals surface area contributed by atoms with Crippen LogP contribution in [0.15, 0.2) is 52.1 Å². The number of hydrogen-bond acceptors (Lipinski definition) is 2. The van der Waals surface area contributed by atoms with Gasteiger partial charge in [0.25, 0.3) is 0 Å². The van der Waals surface area contributed by atoms with E-state index in [9.17, 15) is 27.2 Å². The minimum atomic E-state index is -4.47. The average molecular weight is 367 g/mol. The van der Waals surface area contributed by atoms with Crippen molar-refractivity contribution in [3.05, 3.63) is 85.9 Å². The molecule has 0 unspecified atom stereocenters. The highest BCUT2D eigenvalue weighted by Crippen LogP contribution is 2.29. The van der Waals surface area contributed by atoms with Crippen LogP contribution in [-0.2, 0) is 12.7 Å². The number of hydrogen-bond donors (Lipinski definition) is 1. The zero-order valence-corrected chi connectivity index (χ0v) is 13.5. The molecule has 0 spiro atoms. The Morgan fingerprint density at radius 1 is 1.04 bits per heavy atom. The number of nitrogens with one attached hydrogen (secondary N) is 1. The third-order valence-corrected chi connectivity index (χ3v) is 3.84. The third kappa shape index (κ3) is 3.32. The number of benzene rings is 2. The first kappa shape index (κ1) is 17.7. The zero-order valence-electron chi connectivity index (χ0n) is 13.5. The van der Waals surface area contributed by atoms with Crippen molar-refractivity contribution in [2.75, 3.05) is 0 Å². The summed E-state index contributed by atoms with van der Waals surface area (Å²) in [5.74, 6) is -0.685. The van der Waals surface area contributed by atoms with E-state index in [0.29, 0.717) is 11.1 Å². The van der Waals surface area contributed by atoms with E-state index in [1.165, 1.54) is 24.3 Å². The van der Waals surface area contributed by atoms with Crippen LogP contribution in [0.2, 0.25) is 0 Å². The number of aryl methyl sites for hydroxylation is 1. The fraction of sp³-hybridized carbons (Fsp3) is 0.176. The maximum absolute atomic E-state index is 14.0. The van der Waals surface area contributed by atoms with Crippen LogP contribution in [0, 0.1) is 12.7 Å². The Hall–Kier alpha value is -3.10. The van der Waals surface area contributed by atoms with Crippen LogP contribution in [0.1, 0.15) is 16.7 Å². The van der Waals surface area contributed by atoms with Crippen molar-refractivity contribution >= 4 is 0 Å². The van der Waals surface area contributed by atoms with Gasteiger partial charge in [0, 0.05) is 0 Å². The first-order valence-corrected chi connectivity index (χ1v) is 7.51. The van der Waals surface area contributed by atoms with Crippen LogP contribution >= 0.6 is 0 Å². The first-order chi connectivity index (χ1) is 12.2. The lowest BCUT2D eigenvalue weighted by molar-refractivity contribution is -0.137. The van der Waals surface area contributed by atoms with Gasteiger partial charge in [0.15, 0.2) is 0 Å². The molecule has 0 fully saturated rings. The molecule has 3 aromatic rings. The monoisotopic (exact) mass is 367 g/mol. The van der Waals surface area contributed by atoms with Crippen molar-refractivity contribution in [2.24, 2.45) is 0 Å². The van der Waals surface area contributed by atoms with Gasteiger partial charge in [-0.1, -0.05) is 18.2 Å². The Bertz CT molecular complexity index is 1060. The number of H-pyrrole nitrogens is 1. The molecule has 1 aromatic heterocycles. The molecule has 1 N–H and O–H groups in total. The summed E-state index contributed by atoms with van der Waals surface area (Å²) in [6.07, 6.45) is -4.47. The molecule has 0 aliphatic carbocycles. The Morgan fingerprint density at radius 2 is 1.69 bits per heavy atom. The maximum atomic E-state index is 14.0. The highest BCUT2D eigenvalue weighted by atomic mass is 19.4. The van der Waals surface area contributed by atoms with Gasteiger partial charge in [0.2, 0.25) is 0 Å². The number of alkyl halides is 3. The van der Waals surface area contributed by atoms with Gasteiger partial charge in [-0.25, -0.2) is 23.6 Å². The summed E-state index contributed by atoms with van der Waals surface area (Å²) < 4.78 is 53.3. The van der Waals surface area contributed by atoms with Gasteiger partial charge in [-0.3, -0.25) is 0 Å². The van der Waals surface area contributed by atoms with Crippen molar-refractivity contribution in [2.45, 2.75) is 19.6 Å². The van der Waals surface area contributed by atoms with E-state index in [1.54, 1.807) is 13.0 Å². The second-order valence-corrected chi connectivity index (χ2v) is 5.77. The van der Waals surface area contributed by atoms with E-state index >= 15 is 0 Å². The molecule has 9 heteroatoms. The van der Waals surface area contributed by atoms with E-state index in [2.05, 4.69) is 5.10 Å². The van der Waals surface area contributed by atoms with Crippen molar-refractivity contribution in [1.29, 1.82) is 0 Å². The molecular formula is C17H13F4N3O2. The summed E-state index contributed by atoms with van der Waals surface area (Å²) in [5, 5.41) is 2.24. The number of nitrogens with zero attached hydrogens (tertiary/aromatic N) is 2. The largest absolute Gasteiger partial charge is 0.416 e. The van der Waals surface area contributed by atoms with Gasteiger partial charge >= 0.3 is 17.6 Å². The standard InChI is InChI=1S/C17H13F4N3O2/c1-10-2-7-14(13(18)8-10)24-16(26)23(15(25)22-24)9-11-3-5-12(6-4-11)17(19,20)21/h2-8H,9H2,1H3,(H,22,25). The molecule has 0 amide bonds. The fourth-order valence-corrected chi connectivity index (χ4v) is 2.49. The predicted molar refractivity (Wildman–Crippen MR) is 85.9 cm³/mol. The van der Waals surface area contributed by atoms with E-state index < -0.39 is 28.9 Å². The number of aromatic amines is 1. The maximum Gasteiger partial charge on any atom is 0.416 e. The van der Waals surface area contributed by atoms with Gasteiger partial charge in [-0.15, -0.1) is 0 Å². The van der Waals surface area contributed by atoms with Crippen molar-refractivity contribution < 1.29 is 17.6 Å². The minimum absolute atomic E-state index is 0.121. The molecule has 0 radical (unpaired) electrons. The normalized spacial score (nSPS) is 11.7. The van der Waals surface area contributed by atoms with Crippen molar-refractivity contribution in [3.63, 3.8) is 0 Å². The van der Waals surface area contributed by atoms with Crippen LogP contribution in [0.3, 0.4) is 0 Å². The second-order valence-electron chi connectivity index (χ2n) is 5.77. The Morgan fingerprint density at radius 3 is 2.27 bits per heavy atom. The second kappa shape index (κ2) is 6.32. The predicted octanol–water partition coefficient (Wildman–Crippen LogP) is 2.84. The van der Waals surface area contributed by atoms with Crippen LogP contribution in [-0.4, -0.2) is 14.3 Å². The quantitative estimate of drug-likeness (QED) is 0.724. The average Bonchev–Trinajstić information content (AvgIpc) is 2.83. The van der Waals surface area contributed by atoms with E-state index in [1.807, 2.05) is 0 Å². The molecule has 0 aliphatic heterocycles. The zero-order chi connectivity index (χ0) is 19.1. The summed E-state index contributed by atoms with van der Waals surface area (Å²) in [6.45, 7) is 1.43. The van der Waals surface area contributed by atoms with Gasteiger partial charge in [-0.05, 0) is 42.3 Å². The van der Waals surface area contributed by atoms with E-state index in [-0.39, 0.29) is 12.2 Å². The van der Waals surface area contributed by atoms with Crippen LogP contribution in [0.25, 0.3) is 5.69 Å². The van der Waals surface area contributed by atoms with Crippen molar-refractivity contribution in [3.8, 4) is 5.69 Å². The molecule has 5 nitrogen and oxygen atoms in total.